The third-order valence-corrected chi connectivity index (χ3v) is 7.97. The lowest BCUT2D eigenvalue weighted by Gasteiger charge is -2.28. The summed E-state index contributed by atoms with van der Waals surface area (Å²) in [6, 6.07) is -6.57. The van der Waals surface area contributed by atoms with Gasteiger partial charge in [-0.05, 0) is 60.3 Å². The Morgan fingerprint density at radius 2 is 1.00 bits per heavy atom. The van der Waals surface area contributed by atoms with Gasteiger partial charge in [-0.2, -0.15) is 0 Å². The fourth-order valence-electron chi connectivity index (χ4n) is 5.21. The Bertz CT molecular complexity index is 1280. The molecule has 10 N–H and O–H groups in total. The van der Waals surface area contributed by atoms with Crippen LogP contribution in [0.3, 0.4) is 0 Å². The number of nitrogens with zero attached hydrogens (tertiary/aromatic N) is 2. The van der Waals surface area contributed by atoms with Gasteiger partial charge >= 0.3 is 0 Å². The topological polar surface area (TPSA) is 284 Å². The van der Waals surface area contributed by atoms with Gasteiger partial charge in [0.05, 0.1) is 19.1 Å². The van der Waals surface area contributed by atoms with E-state index < -0.39 is 103 Å². The van der Waals surface area contributed by atoms with E-state index in [4.69, 9.17) is 11.5 Å². The van der Waals surface area contributed by atoms with E-state index in [2.05, 4.69) is 31.9 Å². The minimum absolute atomic E-state index is 0.246. The second kappa shape index (κ2) is 17.9. The third-order valence-electron chi connectivity index (χ3n) is 7.97. The number of likely N-dealkylation sites (tertiary alicyclic amines) is 2. The Kier molecular flexibility index (Phi) is 14.7. The van der Waals surface area contributed by atoms with Crippen molar-refractivity contribution in [2.75, 3.05) is 26.2 Å². The summed E-state index contributed by atoms with van der Waals surface area (Å²) in [5, 5.41) is 14.6. The lowest BCUT2D eigenvalue weighted by molar-refractivity contribution is -0.141. The number of nitrogens with two attached hydrogens (primary N) is 2. The van der Waals surface area contributed by atoms with Crippen LogP contribution in [-0.4, -0.2) is 131 Å². The molecule has 268 valence electrons. The van der Waals surface area contributed by atoms with Gasteiger partial charge in [0.25, 0.3) is 0 Å². The zero-order valence-corrected chi connectivity index (χ0v) is 27.9. The molecule has 0 aromatic heterocycles. The van der Waals surface area contributed by atoms with Crippen molar-refractivity contribution in [1.82, 2.24) is 41.7 Å². The number of hydrogen-bond donors (Lipinski definition) is 8. The summed E-state index contributed by atoms with van der Waals surface area (Å²) in [7, 11) is 0. The van der Waals surface area contributed by atoms with Gasteiger partial charge in [-0.15, -0.1) is 0 Å². The van der Waals surface area contributed by atoms with Crippen molar-refractivity contribution in [2.45, 2.75) is 103 Å². The molecule has 9 amide bonds. The van der Waals surface area contributed by atoms with Crippen LogP contribution in [0.1, 0.15) is 60.3 Å². The normalized spacial score (nSPS) is 20.3. The Morgan fingerprint density at radius 3 is 1.44 bits per heavy atom. The van der Waals surface area contributed by atoms with Crippen LogP contribution in [0.15, 0.2) is 0 Å². The average molecular weight is 681 g/mol. The second-order valence-electron chi connectivity index (χ2n) is 12.0. The van der Waals surface area contributed by atoms with Gasteiger partial charge in [-0.25, -0.2) is 0 Å². The van der Waals surface area contributed by atoms with Crippen molar-refractivity contribution in [2.24, 2.45) is 11.5 Å². The molecule has 19 nitrogen and oxygen atoms in total. The number of nitrogens with one attached hydrogen (secondary N) is 6. The molecule has 0 aliphatic carbocycles. The van der Waals surface area contributed by atoms with Crippen LogP contribution in [0, 0.1) is 0 Å². The highest BCUT2D eigenvalue weighted by atomic mass is 16.2. The highest BCUT2D eigenvalue weighted by molar-refractivity contribution is 5.97. The van der Waals surface area contributed by atoms with Crippen LogP contribution in [0.5, 0.6) is 0 Å². The van der Waals surface area contributed by atoms with Gasteiger partial charge in [0.1, 0.15) is 36.3 Å². The first kappa shape index (κ1) is 39.4. The predicted octanol–water partition coefficient (Wildman–Crippen LogP) is -4.95. The van der Waals surface area contributed by atoms with Crippen molar-refractivity contribution >= 4 is 53.2 Å². The van der Waals surface area contributed by atoms with Gasteiger partial charge < -0.3 is 53.2 Å². The van der Waals surface area contributed by atoms with E-state index >= 15 is 0 Å². The standard InChI is InChI=1S/C29H48N10O9/c1-14(30)28(47)38-10-6-8-19(38)26(45)33-13-22(41)35-16(3)24(43)36-17(4)25(44)37-18(5)29(48)39-11-7-9-20(39)27(46)32-12-21(40)34-15(2)23(31)42/h14-20H,6-13,30H2,1-5H3,(H2,31,42)(H,32,46)(H,33,45)(H,34,40)(H,35,41)(H,36,43)(H,37,44)/t14-,15+,16+,17+,18+,19+,20+/m1/s1. The Morgan fingerprint density at radius 1 is 0.604 bits per heavy atom. The zero-order valence-electron chi connectivity index (χ0n) is 27.9. The molecule has 2 fully saturated rings. The summed E-state index contributed by atoms with van der Waals surface area (Å²) >= 11 is 0. The molecule has 2 saturated heterocycles. The lowest BCUT2D eigenvalue weighted by Crippen LogP contribution is -2.57. The van der Waals surface area contributed by atoms with E-state index in [1.807, 2.05) is 0 Å². The lowest BCUT2D eigenvalue weighted by atomic mass is 10.1. The fourth-order valence-corrected chi connectivity index (χ4v) is 5.21. The maximum absolute atomic E-state index is 13.1. The van der Waals surface area contributed by atoms with Crippen LogP contribution in [0.4, 0.5) is 0 Å². The average Bonchev–Trinajstić information content (AvgIpc) is 3.72. The van der Waals surface area contributed by atoms with Crippen molar-refractivity contribution in [1.29, 1.82) is 0 Å². The summed E-state index contributed by atoms with van der Waals surface area (Å²) < 4.78 is 0. The maximum atomic E-state index is 13.1. The second-order valence-corrected chi connectivity index (χ2v) is 12.0. The monoisotopic (exact) mass is 680 g/mol. The Hall–Kier alpha value is -4.81. The van der Waals surface area contributed by atoms with E-state index in [0.29, 0.717) is 32.2 Å². The van der Waals surface area contributed by atoms with E-state index in [0.717, 1.165) is 0 Å². The van der Waals surface area contributed by atoms with E-state index in [1.165, 1.54) is 44.4 Å². The maximum Gasteiger partial charge on any atom is 0.245 e. The molecule has 2 heterocycles. The first-order valence-corrected chi connectivity index (χ1v) is 15.8. The zero-order chi connectivity index (χ0) is 36.3. The largest absolute Gasteiger partial charge is 0.368 e. The number of amides is 9. The predicted molar refractivity (Wildman–Crippen MR) is 169 cm³/mol. The summed E-state index contributed by atoms with van der Waals surface area (Å²) in [5.41, 5.74) is 10.8. The SMILES string of the molecule is C[C@H](NC(=O)CNC(=O)[C@@H]1CCCN1C(=O)[C@H](C)NC(=O)[C@H](C)NC(=O)[C@H](C)NC(=O)CNC(=O)[C@@H]1CCCN1C(=O)[C@@H](C)N)C(N)=O. The summed E-state index contributed by atoms with van der Waals surface area (Å²) in [6.45, 7) is 6.87. The van der Waals surface area contributed by atoms with Crippen LogP contribution >= 0.6 is 0 Å². The van der Waals surface area contributed by atoms with Crippen LogP contribution < -0.4 is 43.4 Å². The molecule has 0 bridgehead atoms. The number of carbonyl (C=O) groups excluding carboxylic acids is 9. The molecule has 0 aromatic rings. The van der Waals surface area contributed by atoms with Crippen LogP contribution in [0.25, 0.3) is 0 Å². The number of primary amides is 1. The molecule has 48 heavy (non-hydrogen) atoms. The van der Waals surface area contributed by atoms with Gasteiger partial charge in [-0.3, -0.25) is 43.2 Å². The van der Waals surface area contributed by atoms with Gasteiger partial charge in [0.2, 0.25) is 53.2 Å². The molecule has 0 saturated carbocycles. The highest BCUT2D eigenvalue weighted by Gasteiger charge is 2.37. The van der Waals surface area contributed by atoms with Gasteiger partial charge in [0, 0.05) is 13.1 Å². The minimum atomic E-state index is -1.11. The molecule has 0 spiro atoms. The van der Waals surface area contributed by atoms with Crippen molar-refractivity contribution in [3.05, 3.63) is 0 Å². The summed E-state index contributed by atoms with van der Waals surface area (Å²) in [5.74, 6) is -5.43. The fraction of sp³-hybridized carbons (Fsp3) is 0.690. The smallest absolute Gasteiger partial charge is 0.245 e. The van der Waals surface area contributed by atoms with Gasteiger partial charge in [-0.1, -0.05) is 0 Å². The molecule has 0 aromatic carbocycles. The molecule has 2 aliphatic rings. The first-order chi connectivity index (χ1) is 22.4. The summed E-state index contributed by atoms with van der Waals surface area (Å²) in [4.78, 5) is 114. The molecule has 0 radical (unpaired) electrons. The number of carbonyl (C=O) groups is 9. The molecular weight excluding hydrogens is 632 g/mol. The molecule has 2 rings (SSSR count). The van der Waals surface area contributed by atoms with Crippen molar-refractivity contribution < 1.29 is 43.2 Å². The Balaban J connectivity index is 1.79. The van der Waals surface area contributed by atoms with E-state index in [9.17, 15) is 43.2 Å². The molecular formula is C29H48N10O9. The quantitative estimate of drug-likeness (QED) is 0.0815. The van der Waals surface area contributed by atoms with Crippen LogP contribution in [-0.2, 0) is 43.2 Å². The number of rotatable bonds is 15. The van der Waals surface area contributed by atoms with Crippen molar-refractivity contribution in [3.63, 3.8) is 0 Å². The van der Waals surface area contributed by atoms with E-state index in [1.54, 1.807) is 0 Å². The molecule has 2 aliphatic heterocycles. The molecule has 0 unspecified atom stereocenters. The molecule has 7 atom stereocenters. The first-order valence-electron chi connectivity index (χ1n) is 15.8. The Labute approximate surface area is 278 Å². The van der Waals surface area contributed by atoms with Crippen LogP contribution in [0.2, 0.25) is 0 Å². The summed E-state index contributed by atoms with van der Waals surface area (Å²) in [6.07, 6.45) is 1.91. The minimum Gasteiger partial charge on any atom is -0.368 e. The van der Waals surface area contributed by atoms with Crippen molar-refractivity contribution in [3.8, 4) is 0 Å². The van der Waals surface area contributed by atoms with Gasteiger partial charge in [0.15, 0.2) is 0 Å². The number of hydrogen-bond acceptors (Lipinski definition) is 10. The molecule has 19 heteroatoms. The highest BCUT2D eigenvalue weighted by Crippen LogP contribution is 2.19. The van der Waals surface area contributed by atoms with E-state index in [-0.39, 0.29) is 12.5 Å². The third kappa shape index (κ3) is 11.2.